The van der Waals surface area contributed by atoms with Crippen molar-refractivity contribution in [3.8, 4) is 0 Å². The number of carbonyl (C=O) groups excluding carboxylic acids is 1. The van der Waals surface area contributed by atoms with Gasteiger partial charge in [0.05, 0.1) is 6.04 Å². The molecule has 0 aliphatic carbocycles. The highest BCUT2D eigenvalue weighted by Gasteiger charge is 2.32. The van der Waals surface area contributed by atoms with Crippen LogP contribution in [0.15, 0.2) is 24.3 Å². The van der Waals surface area contributed by atoms with Crippen molar-refractivity contribution >= 4 is 6.09 Å². The lowest BCUT2D eigenvalue weighted by Gasteiger charge is -2.38. The third-order valence-electron chi connectivity index (χ3n) is 3.85. The molecule has 1 heterocycles. The average molecular weight is 304 g/mol. The SMILES string of the molecule is CC(C)c1ccccc1C1CNCCN1C(=O)OC(C)(C)C. The molecule has 0 aromatic heterocycles. The van der Waals surface area contributed by atoms with Crippen molar-refractivity contribution in [2.75, 3.05) is 19.6 Å². The van der Waals surface area contributed by atoms with E-state index in [0.29, 0.717) is 12.5 Å². The van der Waals surface area contributed by atoms with Gasteiger partial charge in [-0.25, -0.2) is 4.79 Å². The molecule has 4 heteroatoms. The molecule has 1 fully saturated rings. The molecular formula is C18H28N2O2. The van der Waals surface area contributed by atoms with E-state index in [0.717, 1.165) is 13.1 Å². The van der Waals surface area contributed by atoms with Gasteiger partial charge in [0, 0.05) is 19.6 Å². The molecule has 1 aromatic rings. The highest BCUT2D eigenvalue weighted by molar-refractivity contribution is 5.69. The van der Waals surface area contributed by atoms with Crippen LogP contribution in [0.25, 0.3) is 0 Å². The molecule has 1 amide bonds. The molecule has 0 spiro atoms. The maximum absolute atomic E-state index is 12.6. The van der Waals surface area contributed by atoms with E-state index in [1.54, 1.807) is 0 Å². The summed E-state index contributed by atoms with van der Waals surface area (Å²) < 4.78 is 5.59. The van der Waals surface area contributed by atoms with E-state index in [9.17, 15) is 4.79 Å². The van der Waals surface area contributed by atoms with E-state index in [2.05, 4.69) is 37.4 Å². The van der Waals surface area contributed by atoms with Gasteiger partial charge in [-0.05, 0) is 37.8 Å². The number of carbonyl (C=O) groups is 1. The summed E-state index contributed by atoms with van der Waals surface area (Å²) in [4.78, 5) is 14.4. The first-order valence-corrected chi connectivity index (χ1v) is 8.09. The molecule has 1 saturated heterocycles. The second kappa shape index (κ2) is 6.69. The number of benzene rings is 1. The summed E-state index contributed by atoms with van der Waals surface area (Å²) in [5.74, 6) is 0.429. The number of ether oxygens (including phenoxy) is 1. The summed E-state index contributed by atoms with van der Waals surface area (Å²) in [5, 5.41) is 3.40. The van der Waals surface area contributed by atoms with Gasteiger partial charge in [0.2, 0.25) is 0 Å². The first kappa shape index (κ1) is 16.8. The Morgan fingerprint density at radius 3 is 2.64 bits per heavy atom. The maximum atomic E-state index is 12.6. The van der Waals surface area contributed by atoms with Crippen LogP contribution in [0.5, 0.6) is 0 Å². The van der Waals surface area contributed by atoms with E-state index in [1.165, 1.54) is 11.1 Å². The van der Waals surface area contributed by atoms with Crippen molar-refractivity contribution < 1.29 is 9.53 Å². The van der Waals surface area contributed by atoms with Crippen molar-refractivity contribution in [3.05, 3.63) is 35.4 Å². The number of hydrogen-bond acceptors (Lipinski definition) is 3. The summed E-state index contributed by atoms with van der Waals surface area (Å²) in [5.41, 5.74) is 2.05. The van der Waals surface area contributed by atoms with Gasteiger partial charge in [-0.2, -0.15) is 0 Å². The zero-order valence-corrected chi connectivity index (χ0v) is 14.3. The molecule has 22 heavy (non-hydrogen) atoms. The van der Waals surface area contributed by atoms with Gasteiger partial charge < -0.3 is 10.1 Å². The molecule has 1 N–H and O–H groups in total. The Bertz CT molecular complexity index is 520. The molecular weight excluding hydrogens is 276 g/mol. The largest absolute Gasteiger partial charge is 0.444 e. The molecule has 1 unspecified atom stereocenters. The average Bonchev–Trinajstić information content (AvgIpc) is 2.45. The minimum Gasteiger partial charge on any atom is -0.444 e. The molecule has 4 nitrogen and oxygen atoms in total. The zero-order valence-electron chi connectivity index (χ0n) is 14.3. The van der Waals surface area contributed by atoms with Crippen molar-refractivity contribution in [2.24, 2.45) is 0 Å². The van der Waals surface area contributed by atoms with Crippen molar-refractivity contribution in [3.63, 3.8) is 0 Å². The molecule has 1 atom stereocenters. The zero-order chi connectivity index (χ0) is 16.3. The molecule has 0 saturated carbocycles. The fourth-order valence-electron chi connectivity index (χ4n) is 2.86. The molecule has 1 aliphatic heterocycles. The fraction of sp³-hybridized carbons (Fsp3) is 0.611. The van der Waals surface area contributed by atoms with Gasteiger partial charge in [0.1, 0.15) is 5.60 Å². The summed E-state index contributed by atoms with van der Waals surface area (Å²) in [6.45, 7) is 12.3. The number of hydrogen-bond donors (Lipinski definition) is 1. The smallest absolute Gasteiger partial charge is 0.410 e. The van der Waals surface area contributed by atoms with Crippen LogP contribution in [-0.4, -0.2) is 36.2 Å². The Balaban J connectivity index is 2.29. The number of piperazine rings is 1. The van der Waals surface area contributed by atoms with Crippen LogP contribution in [0.1, 0.15) is 57.7 Å². The summed E-state index contributed by atoms with van der Waals surface area (Å²) in [6, 6.07) is 8.42. The van der Waals surface area contributed by atoms with Gasteiger partial charge in [0.25, 0.3) is 0 Å². The first-order valence-electron chi connectivity index (χ1n) is 8.09. The predicted octanol–water partition coefficient (Wildman–Crippen LogP) is 3.69. The quantitative estimate of drug-likeness (QED) is 0.906. The van der Waals surface area contributed by atoms with Gasteiger partial charge in [-0.15, -0.1) is 0 Å². The molecule has 1 aliphatic rings. The lowest BCUT2D eigenvalue weighted by Crippen LogP contribution is -2.50. The molecule has 1 aromatic carbocycles. The van der Waals surface area contributed by atoms with E-state index < -0.39 is 5.60 Å². The van der Waals surface area contributed by atoms with Gasteiger partial charge in [-0.3, -0.25) is 4.90 Å². The van der Waals surface area contributed by atoms with Crippen LogP contribution < -0.4 is 5.32 Å². The Morgan fingerprint density at radius 1 is 1.32 bits per heavy atom. The van der Waals surface area contributed by atoms with E-state index in [4.69, 9.17) is 4.74 Å². The van der Waals surface area contributed by atoms with Crippen LogP contribution in [-0.2, 0) is 4.74 Å². The highest BCUT2D eigenvalue weighted by atomic mass is 16.6. The number of rotatable bonds is 2. The Labute approximate surface area is 133 Å². The Hall–Kier alpha value is -1.55. The van der Waals surface area contributed by atoms with Crippen LogP contribution in [0, 0.1) is 0 Å². The van der Waals surface area contributed by atoms with Crippen molar-refractivity contribution in [2.45, 2.75) is 52.2 Å². The monoisotopic (exact) mass is 304 g/mol. The predicted molar refractivity (Wildman–Crippen MR) is 89.1 cm³/mol. The summed E-state index contributed by atoms with van der Waals surface area (Å²) in [7, 11) is 0. The fourth-order valence-corrected chi connectivity index (χ4v) is 2.86. The third-order valence-corrected chi connectivity index (χ3v) is 3.85. The molecule has 0 radical (unpaired) electrons. The van der Waals surface area contributed by atoms with E-state index in [-0.39, 0.29) is 12.1 Å². The van der Waals surface area contributed by atoms with E-state index >= 15 is 0 Å². The van der Waals surface area contributed by atoms with Crippen LogP contribution in [0.3, 0.4) is 0 Å². The number of nitrogens with one attached hydrogen (secondary N) is 1. The van der Waals surface area contributed by atoms with Gasteiger partial charge >= 0.3 is 6.09 Å². The Morgan fingerprint density at radius 2 is 2.00 bits per heavy atom. The number of nitrogens with zero attached hydrogens (tertiary/aromatic N) is 1. The first-order chi connectivity index (χ1) is 10.3. The van der Waals surface area contributed by atoms with Crippen LogP contribution >= 0.6 is 0 Å². The normalized spacial score (nSPS) is 19.4. The molecule has 122 valence electrons. The highest BCUT2D eigenvalue weighted by Crippen LogP contribution is 2.30. The topological polar surface area (TPSA) is 41.6 Å². The third kappa shape index (κ3) is 4.01. The maximum Gasteiger partial charge on any atom is 0.410 e. The van der Waals surface area contributed by atoms with Gasteiger partial charge in [0.15, 0.2) is 0 Å². The standard InChI is InChI=1S/C18H28N2O2/c1-13(2)14-8-6-7-9-15(14)16-12-19-10-11-20(16)17(21)22-18(3,4)5/h6-9,13,16,19H,10-12H2,1-5H3. The Kier molecular flexibility index (Phi) is 5.12. The van der Waals surface area contributed by atoms with Crippen LogP contribution in [0.4, 0.5) is 4.79 Å². The summed E-state index contributed by atoms with van der Waals surface area (Å²) >= 11 is 0. The van der Waals surface area contributed by atoms with E-state index in [1.807, 2.05) is 31.7 Å². The number of amides is 1. The molecule has 2 rings (SSSR count). The second-order valence-corrected chi connectivity index (χ2v) is 7.18. The minimum absolute atomic E-state index is 0.0298. The lowest BCUT2D eigenvalue weighted by atomic mass is 9.91. The summed E-state index contributed by atoms with van der Waals surface area (Å²) in [6.07, 6.45) is -0.224. The van der Waals surface area contributed by atoms with Crippen molar-refractivity contribution in [1.29, 1.82) is 0 Å². The lowest BCUT2D eigenvalue weighted by molar-refractivity contribution is 0.0117. The van der Waals surface area contributed by atoms with Crippen LogP contribution in [0.2, 0.25) is 0 Å². The second-order valence-electron chi connectivity index (χ2n) is 7.18. The van der Waals surface area contributed by atoms with Crippen molar-refractivity contribution in [1.82, 2.24) is 10.2 Å². The minimum atomic E-state index is -0.468. The molecule has 0 bridgehead atoms. The van der Waals surface area contributed by atoms with Gasteiger partial charge in [-0.1, -0.05) is 38.1 Å².